The Kier molecular flexibility index (Phi) is 5.02. The highest BCUT2D eigenvalue weighted by Crippen LogP contribution is 2.29. The SMILES string of the molecule is CN1CCC[C@@H](c2ncc3c(n2)CCN(C(=O)C2CCCCC2)C3)C1. The minimum Gasteiger partial charge on any atom is -0.338 e. The van der Waals surface area contributed by atoms with Crippen molar-refractivity contribution >= 4 is 5.91 Å². The molecule has 1 amide bonds. The summed E-state index contributed by atoms with van der Waals surface area (Å²) in [4.78, 5) is 26.8. The number of amides is 1. The number of hydrogen-bond acceptors (Lipinski definition) is 4. The first-order valence-corrected chi connectivity index (χ1v) is 10.0. The van der Waals surface area contributed by atoms with Crippen LogP contribution in [-0.2, 0) is 17.8 Å². The lowest BCUT2D eigenvalue weighted by atomic mass is 9.88. The average molecular weight is 342 g/mol. The number of aromatic nitrogens is 2. The van der Waals surface area contributed by atoms with E-state index in [0.29, 0.717) is 18.4 Å². The van der Waals surface area contributed by atoms with E-state index in [1.165, 1.54) is 44.3 Å². The van der Waals surface area contributed by atoms with Crippen molar-refractivity contribution in [3.63, 3.8) is 0 Å². The highest BCUT2D eigenvalue weighted by atomic mass is 16.2. The lowest BCUT2D eigenvalue weighted by Gasteiger charge is -2.33. The third kappa shape index (κ3) is 3.71. The van der Waals surface area contributed by atoms with Gasteiger partial charge in [-0.3, -0.25) is 4.79 Å². The zero-order valence-corrected chi connectivity index (χ0v) is 15.4. The van der Waals surface area contributed by atoms with E-state index in [1.807, 2.05) is 6.20 Å². The van der Waals surface area contributed by atoms with Gasteiger partial charge in [0.05, 0.1) is 5.69 Å². The van der Waals surface area contributed by atoms with E-state index >= 15 is 0 Å². The smallest absolute Gasteiger partial charge is 0.225 e. The summed E-state index contributed by atoms with van der Waals surface area (Å²) in [6.07, 6.45) is 11.2. The molecule has 2 fully saturated rings. The predicted molar refractivity (Wildman–Crippen MR) is 97.2 cm³/mol. The molecule has 0 unspecified atom stereocenters. The van der Waals surface area contributed by atoms with E-state index in [2.05, 4.69) is 21.8 Å². The summed E-state index contributed by atoms with van der Waals surface area (Å²) >= 11 is 0. The van der Waals surface area contributed by atoms with Crippen LogP contribution < -0.4 is 0 Å². The van der Waals surface area contributed by atoms with Crippen LogP contribution in [0.4, 0.5) is 0 Å². The Balaban J connectivity index is 1.44. The minimum absolute atomic E-state index is 0.258. The molecule has 0 radical (unpaired) electrons. The van der Waals surface area contributed by atoms with Gasteiger partial charge in [-0.1, -0.05) is 19.3 Å². The second-order valence-corrected chi connectivity index (χ2v) is 8.15. The number of likely N-dealkylation sites (N-methyl/N-ethyl adjacent to an activating group) is 1. The molecule has 1 aromatic rings. The fourth-order valence-corrected chi connectivity index (χ4v) is 4.70. The predicted octanol–water partition coefficient (Wildman–Crippen LogP) is 2.75. The van der Waals surface area contributed by atoms with Crippen LogP contribution in [-0.4, -0.2) is 52.4 Å². The van der Waals surface area contributed by atoms with Crippen LogP contribution in [0, 0.1) is 5.92 Å². The number of carbonyl (C=O) groups is 1. The standard InChI is InChI=1S/C20H30N4O/c1-23-10-5-8-16(13-23)19-21-12-17-14-24(11-9-18(17)22-19)20(25)15-6-3-2-4-7-15/h12,15-16H,2-11,13-14H2,1H3/t16-/m1/s1. The van der Waals surface area contributed by atoms with Gasteiger partial charge in [0.2, 0.25) is 5.91 Å². The van der Waals surface area contributed by atoms with Crippen molar-refractivity contribution < 1.29 is 4.79 Å². The van der Waals surface area contributed by atoms with Crippen molar-refractivity contribution in [3.8, 4) is 0 Å². The Bertz CT molecular complexity index is 626. The molecular formula is C20H30N4O. The summed E-state index contributed by atoms with van der Waals surface area (Å²) in [6, 6.07) is 0. The molecule has 5 nitrogen and oxygen atoms in total. The van der Waals surface area contributed by atoms with E-state index in [0.717, 1.165) is 43.7 Å². The van der Waals surface area contributed by atoms with Crippen LogP contribution in [0.1, 0.15) is 67.9 Å². The van der Waals surface area contributed by atoms with Crippen molar-refractivity contribution in [1.29, 1.82) is 0 Å². The van der Waals surface area contributed by atoms with Gasteiger partial charge in [-0.05, 0) is 39.3 Å². The van der Waals surface area contributed by atoms with Gasteiger partial charge >= 0.3 is 0 Å². The third-order valence-electron chi connectivity index (χ3n) is 6.21. The summed E-state index contributed by atoms with van der Waals surface area (Å²) in [7, 11) is 2.18. The second kappa shape index (κ2) is 7.40. The maximum Gasteiger partial charge on any atom is 0.225 e. The highest BCUT2D eigenvalue weighted by molar-refractivity contribution is 5.79. The molecule has 0 spiro atoms. The second-order valence-electron chi connectivity index (χ2n) is 8.15. The van der Waals surface area contributed by atoms with Crippen molar-refractivity contribution in [2.45, 2.75) is 63.8 Å². The monoisotopic (exact) mass is 342 g/mol. The minimum atomic E-state index is 0.258. The van der Waals surface area contributed by atoms with Crippen LogP contribution in [0.5, 0.6) is 0 Å². The summed E-state index contributed by atoms with van der Waals surface area (Å²) in [5, 5.41) is 0. The third-order valence-corrected chi connectivity index (χ3v) is 6.21. The van der Waals surface area contributed by atoms with Gasteiger partial charge in [0.1, 0.15) is 5.82 Å². The normalized spacial score (nSPS) is 25.6. The summed E-state index contributed by atoms with van der Waals surface area (Å²) in [6.45, 7) is 3.77. The fourth-order valence-electron chi connectivity index (χ4n) is 4.70. The number of fused-ring (bicyclic) bond motifs is 1. The fraction of sp³-hybridized carbons (Fsp3) is 0.750. The molecule has 5 heteroatoms. The molecule has 2 aliphatic heterocycles. The zero-order valence-electron chi connectivity index (χ0n) is 15.4. The quantitative estimate of drug-likeness (QED) is 0.829. The Morgan fingerprint density at radius 2 is 1.96 bits per heavy atom. The van der Waals surface area contributed by atoms with Crippen molar-refractivity contribution in [1.82, 2.24) is 19.8 Å². The first-order valence-electron chi connectivity index (χ1n) is 10.0. The van der Waals surface area contributed by atoms with E-state index in [9.17, 15) is 4.79 Å². The number of carbonyl (C=O) groups excluding carboxylic acids is 1. The summed E-state index contributed by atoms with van der Waals surface area (Å²) in [5.74, 6) is 2.10. The van der Waals surface area contributed by atoms with E-state index < -0.39 is 0 Å². The lowest BCUT2D eigenvalue weighted by Crippen LogP contribution is -2.41. The number of likely N-dealkylation sites (tertiary alicyclic amines) is 1. The molecule has 0 N–H and O–H groups in total. The molecule has 3 aliphatic rings. The molecule has 1 saturated heterocycles. The number of rotatable bonds is 2. The van der Waals surface area contributed by atoms with E-state index in [-0.39, 0.29) is 5.92 Å². The first kappa shape index (κ1) is 17.0. The van der Waals surface area contributed by atoms with Gasteiger partial charge in [-0.2, -0.15) is 0 Å². The topological polar surface area (TPSA) is 49.3 Å². The van der Waals surface area contributed by atoms with Crippen molar-refractivity contribution in [2.75, 3.05) is 26.7 Å². The number of piperidine rings is 1. The van der Waals surface area contributed by atoms with Crippen LogP contribution in [0.15, 0.2) is 6.20 Å². The number of nitrogens with zero attached hydrogens (tertiary/aromatic N) is 4. The lowest BCUT2D eigenvalue weighted by molar-refractivity contribution is -0.137. The molecule has 25 heavy (non-hydrogen) atoms. The molecular weight excluding hydrogens is 312 g/mol. The molecule has 3 heterocycles. The summed E-state index contributed by atoms with van der Waals surface area (Å²) < 4.78 is 0. The molecule has 1 aromatic heterocycles. The molecule has 1 aliphatic carbocycles. The Labute approximate surface area is 150 Å². The molecule has 4 rings (SSSR count). The van der Waals surface area contributed by atoms with Crippen LogP contribution in [0.25, 0.3) is 0 Å². The highest BCUT2D eigenvalue weighted by Gasteiger charge is 2.30. The molecule has 1 saturated carbocycles. The Hall–Kier alpha value is -1.49. The zero-order chi connectivity index (χ0) is 17.2. The van der Waals surface area contributed by atoms with Crippen LogP contribution >= 0.6 is 0 Å². The maximum absolute atomic E-state index is 12.8. The van der Waals surface area contributed by atoms with E-state index in [4.69, 9.17) is 4.98 Å². The van der Waals surface area contributed by atoms with E-state index in [1.54, 1.807) is 0 Å². The van der Waals surface area contributed by atoms with Gasteiger partial charge in [0.25, 0.3) is 0 Å². The van der Waals surface area contributed by atoms with Gasteiger partial charge in [-0.25, -0.2) is 9.97 Å². The van der Waals surface area contributed by atoms with Crippen LogP contribution in [0.3, 0.4) is 0 Å². The van der Waals surface area contributed by atoms with Gasteiger partial charge in [0, 0.05) is 49.7 Å². The Morgan fingerprint density at radius 1 is 1.12 bits per heavy atom. The molecule has 0 bridgehead atoms. The number of hydrogen-bond donors (Lipinski definition) is 0. The Morgan fingerprint density at radius 3 is 2.76 bits per heavy atom. The van der Waals surface area contributed by atoms with Gasteiger partial charge < -0.3 is 9.80 Å². The largest absolute Gasteiger partial charge is 0.338 e. The molecule has 0 aromatic carbocycles. The maximum atomic E-state index is 12.8. The average Bonchev–Trinajstić information content (AvgIpc) is 2.67. The first-order chi connectivity index (χ1) is 12.2. The van der Waals surface area contributed by atoms with Gasteiger partial charge in [-0.15, -0.1) is 0 Å². The summed E-state index contributed by atoms with van der Waals surface area (Å²) in [5.41, 5.74) is 2.33. The molecule has 1 atom stereocenters. The van der Waals surface area contributed by atoms with Crippen LogP contribution in [0.2, 0.25) is 0 Å². The molecule has 136 valence electrons. The van der Waals surface area contributed by atoms with Crippen molar-refractivity contribution in [2.24, 2.45) is 5.92 Å². The van der Waals surface area contributed by atoms with Gasteiger partial charge in [0.15, 0.2) is 0 Å². The van der Waals surface area contributed by atoms with Crippen molar-refractivity contribution in [3.05, 3.63) is 23.3 Å².